The van der Waals surface area contributed by atoms with E-state index in [2.05, 4.69) is 9.97 Å². The van der Waals surface area contributed by atoms with Gasteiger partial charge in [0.1, 0.15) is 0 Å². The second-order valence-corrected chi connectivity index (χ2v) is 3.15. The molecule has 1 aromatic heterocycles. The Hall–Kier alpha value is -0.680. The van der Waals surface area contributed by atoms with E-state index in [1.165, 1.54) is 6.20 Å². The molecule has 2 N–H and O–H groups in total. The largest absolute Gasteiger partial charge is 0.395 e. The molecule has 1 heterocycles. The van der Waals surface area contributed by atoms with E-state index in [-0.39, 0.29) is 12.4 Å². The van der Waals surface area contributed by atoms with Crippen LogP contribution in [0.3, 0.4) is 0 Å². The summed E-state index contributed by atoms with van der Waals surface area (Å²) >= 11 is 0. The molecular weight excluding hydrogens is 152 g/mol. The monoisotopic (exact) mass is 160 g/mol. The second-order valence-electron chi connectivity index (χ2n) is 1.67. The lowest BCUT2D eigenvalue weighted by Gasteiger charge is -1.91. The lowest BCUT2D eigenvalue weighted by Crippen LogP contribution is -2.03. The van der Waals surface area contributed by atoms with Crippen LogP contribution in [0.4, 0.5) is 0 Å². The molecule has 5 heteroatoms. The van der Waals surface area contributed by atoms with Gasteiger partial charge in [0.25, 0.3) is 0 Å². The molecule has 0 amide bonds. The van der Waals surface area contributed by atoms with Gasteiger partial charge in [-0.3, -0.25) is 4.21 Å². The predicted octanol–water partition coefficient (Wildman–Crippen LogP) is -0.490. The molecule has 0 radical (unpaired) electrons. The first-order chi connectivity index (χ1) is 4.84. The van der Waals surface area contributed by atoms with Gasteiger partial charge in [-0.2, -0.15) is 0 Å². The molecule has 0 bridgehead atoms. The summed E-state index contributed by atoms with van der Waals surface area (Å²) in [6.45, 7) is -0.0761. The number of aromatic nitrogens is 2. The van der Waals surface area contributed by atoms with Gasteiger partial charge in [0.15, 0.2) is 5.16 Å². The molecule has 0 saturated heterocycles. The molecule has 1 rings (SSSR count). The van der Waals surface area contributed by atoms with Crippen LogP contribution in [0, 0.1) is 0 Å². The number of nitrogens with zero attached hydrogens (tertiary/aromatic N) is 1. The number of aromatic amines is 1. The van der Waals surface area contributed by atoms with Gasteiger partial charge in [0, 0.05) is 12.4 Å². The van der Waals surface area contributed by atoms with E-state index in [9.17, 15) is 4.21 Å². The summed E-state index contributed by atoms with van der Waals surface area (Å²) in [6, 6.07) is 0. The Kier molecular flexibility index (Phi) is 2.58. The minimum absolute atomic E-state index is 0.0761. The standard InChI is InChI=1S/C5H8N2O2S/c8-3-4-10(9)5-6-1-2-7-5/h1-2,8H,3-4H2,(H,6,7). The van der Waals surface area contributed by atoms with Crippen molar-refractivity contribution in [2.45, 2.75) is 5.16 Å². The zero-order valence-electron chi connectivity index (χ0n) is 5.28. The number of rotatable bonds is 3. The molecule has 0 fully saturated rings. The van der Waals surface area contributed by atoms with Crippen molar-refractivity contribution in [1.82, 2.24) is 9.97 Å². The van der Waals surface area contributed by atoms with E-state index in [4.69, 9.17) is 5.11 Å². The smallest absolute Gasteiger partial charge is 0.196 e. The number of nitrogens with one attached hydrogen (secondary N) is 1. The molecule has 1 atom stereocenters. The summed E-state index contributed by atoms with van der Waals surface area (Å²) in [5.41, 5.74) is 0. The zero-order valence-corrected chi connectivity index (χ0v) is 6.10. The molecule has 56 valence electrons. The first kappa shape index (κ1) is 7.43. The average Bonchev–Trinajstić information content (AvgIpc) is 2.38. The van der Waals surface area contributed by atoms with Crippen LogP contribution >= 0.6 is 0 Å². The fourth-order valence-corrected chi connectivity index (χ4v) is 1.29. The topological polar surface area (TPSA) is 66.0 Å². The Bertz CT molecular complexity index is 209. The molecule has 1 unspecified atom stereocenters. The van der Waals surface area contributed by atoms with Gasteiger partial charge in [-0.05, 0) is 0 Å². The first-order valence-electron chi connectivity index (χ1n) is 2.83. The summed E-state index contributed by atoms with van der Waals surface area (Å²) < 4.78 is 11.0. The van der Waals surface area contributed by atoms with Crippen LogP contribution in [0.2, 0.25) is 0 Å². The van der Waals surface area contributed by atoms with Crippen LogP contribution < -0.4 is 0 Å². The van der Waals surface area contributed by atoms with Crippen molar-refractivity contribution >= 4 is 10.8 Å². The molecule has 10 heavy (non-hydrogen) atoms. The molecule has 0 spiro atoms. The minimum Gasteiger partial charge on any atom is -0.395 e. The molecule has 1 aromatic rings. The molecule has 0 aliphatic rings. The van der Waals surface area contributed by atoms with E-state index in [1.807, 2.05) is 0 Å². The SMILES string of the molecule is O=S(CCO)c1ncc[nH]1. The highest BCUT2D eigenvalue weighted by molar-refractivity contribution is 7.84. The summed E-state index contributed by atoms with van der Waals surface area (Å²) in [6.07, 6.45) is 3.13. The number of aliphatic hydroxyl groups excluding tert-OH is 1. The number of hydrogen-bond acceptors (Lipinski definition) is 3. The molecule has 0 aliphatic carbocycles. The third-order valence-electron chi connectivity index (χ3n) is 0.965. The van der Waals surface area contributed by atoms with Crippen molar-refractivity contribution in [2.75, 3.05) is 12.4 Å². The summed E-state index contributed by atoms with van der Waals surface area (Å²) in [5.74, 6) is 0.244. The van der Waals surface area contributed by atoms with Gasteiger partial charge in [-0.25, -0.2) is 4.98 Å². The zero-order chi connectivity index (χ0) is 7.40. The van der Waals surface area contributed by atoms with Crippen molar-refractivity contribution < 1.29 is 9.32 Å². The molecular formula is C5H8N2O2S. The summed E-state index contributed by atoms with van der Waals surface area (Å²) in [5, 5.41) is 8.83. The Morgan fingerprint density at radius 2 is 2.60 bits per heavy atom. The van der Waals surface area contributed by atoms with Gasteiger partial charge < -0.3 is 10.1 Å². The Morgan fingerprint density at radius 3 is 3.10 bits per heavy atom. The average molecular weight is 160 g/mol. The predicted molar refractivity (Wildman–Crippen MR) is 36.9 cm³/mol. The number of H-pyrrole nitrogens is 1. The van der Waals surface area contributed by atoms with Gasteiger partial charge >= 0.3 is 0 Å². The number of aliphatic hydroxyl groups is 1. The van der Waals surface area contributed by atoms with Crippen molar-refractivity contribution in [1.29, 1.82) is 0 Å². The van der Waals surface area contributed by atoms with Gasteiger partial charge in [-0.1, -0.05) is 0 Å². The van der Waals surface area contributed by atoms with E-state index >= 15 is 0 Å². The molecule has 0 aromatic carbocycles. The molecule has 0 aliphatic heterocycles. The van der Waals surface area contributed by atoms with Gasteiger partial charge in [-0.15, -0.1) is 0 Å². The van der Waals surface area contributed by atoms with Crippen LogP contribution in [-0.4, -0.2) is 31.6 Å². The lowest BCUT2D eigenvalue weighted by atomic mass is 10.9. The Balaban J connectivity index is 2.59. The quantitative estimate of drug-likeness (QED) is 0.627. The maximum Gasteiger partial charge on any atom is 0.196 e. The Morgan fingerprint density at radius 1 is 1.80 bits per heavy atom. The third-order valence-corrected chi connectivity index (χ3v) is 2.17. The lowest BCUT2D eigenvalue weighted by molar-refractivity contribution is 0.321. The maximum absolute atomic E-state index is 11.0. The van der Waals surface area contributed by atoms with Crippen LogP contribution in [0.25, 0.3) is 0 Å². The van der Waals surface area contributed by atoms with Crippen LogP contribution in [0.5, 0.6) is 0 Å². The van der Waals surface area contributed by atoms with Crippen LogP contribution in [0.15, 0.2) is 17.6 Å². The third kappa shape index (κ3) is 1.65. The number of hydrogen-bond donors (Lipinski definition) is 2. The van der Waals surface area contributed by atoms with Crippen molar-refractivity contribution in [3.8, 4) is 0 Å². The van der Waals surface area contributed by atoms with Gasteiger partial charge in [0.05, 0.1) is 23.2 Å². The Labute approximate surface area is 60.8 Å². The molecule has 4 nitrogen and oxygen atoms in total. The second kappa shape index (κ2) is 3.48. The van der Waals surface area contributed by atoms with E-state index in [1.54, 1.807) is 6.20 Å². The highest BCUT2D eigenvalue weighted by Crippen LogP contribution is 1.95. The number of imidazole rings is 1. The van der Waals surface area contributed by atoms with Crippen LogP contribution in [0.1, 0.15) is 0 Å². The summed E-state index contributed by atoms with van der Waals surface area (Å²) in [4.78, 5) is 6.47. The van der Waals surface area contributed by atoms with Gasteiger partial charge in [0.2, 0.25) is 0 Å². The van der Waals surface area contributed by atoms with Crippen molar-refractivity contribution in [2.24, 2.45) is 0 Å². The normalized spacial score (nSPS) is 13.3. The van der Waals surface area contributed by atoms with E-state index < -0.39 is 10.8 Å². The van der Waals surface area contributed by atoms with Crippen molar-refractivity contribution in [3.63, 3.8) is 0 Å². The molecule has 0 saturated carbocycles. The fourth-order valence-electron chi connectivity index (χ4n) is 0.555. The minimum atomic E-state index is -1.17. The summed E-state index contributed by atoms with van der Waals surface area (Å²) in [7, 11) is -1.17. The maximum atomic E-state index is 11.0. The fraction of sp³-hybridized carbons (Fsp3) is 0.400. The highest BCUT2D eigenvalue weighted by atomic mass is 32.2. The van der Waals surface area contributed by atoms with E-state index in [0.717, 1.165) is 0 Å². The highest BCUT2D eigenvalue weighted by Gasteiger charge is 2.02. The van der Waals surface area contributed by atoms with E-state index in [0.29, 0.717) is 5.16 Å². The first-order valence-corrected chi connectivity index (χ1v) is 4.15. The van der Waals surface area contributed by atoms with Crippen molar-refractivity contribution in [3.05, 3.63) is 12.4 Å². The van der Waals surface area contributed by atoms with Crippen LogP contribution in [-0.2, 0) is 10.8 Å².